The van der Waals surface area contributed by atoms with Gasteiger partial charge in [-0.25, -0.2) is 0 Å². The lowest BCUT2D eigenvalue weighted by molar-refractivity contribution is 0.376. The molecule has 0 aromatic heterocycles. The lowest BCUT2D eigenvalue weighted by Gasteiger charge is -2.40. The van der Waals surface area contributed by atoms with Gasteiger partial charge in [0, 0.05) is 30.9 Å². The van der Waals surface area contributed by atoms with Gasteiger partial charge in [0.2, 0.25) is 0 Å². The van der Waals surface area contributed by atoms with Crippen LogP contribution in [0.5, 0.6) is 0 Å². The van der Waals surface area contributed by atoms with Crippen LogP contribution in [0.2, 0.25) is 0 Å². The molecule has 2 aliphatic rings. The van der Waals surface area contributed by atoms with Gasteiger partial charge in [-0.2, -0.15) is 0 Å². The Kier molecular flexibility index (Phi) is 3.29. The predicted molar refractivity (Wildman–Crippen MR) is 77.1 cm³/mol. The summed E-state index contributed by atoms with van der Waals surface area (Å²) < 4.78 is 0. The predicted octanol–water partition coefficient (Wildman–Crippen LogP) is 2.83. The first-order valence-corrected chi connectivity index (χ1v) is 7.37. The average molecular weight is 244 g/mol. The summed E-state index contributed by atoms with van der Waals surface area (Å²) in [5.74, 6) is 0.940. The molecule has 2 unspecified atom stereocenters. The Bertz CT molecular complexity index is 394. The number of hydrogen-bond donors (Lipinski definition) is 1. The molecule has 2 atom stereocenters. The van der Waals surface area contributed by atoms with Gasteiger partial charge in [-0.05, 0) is 49.8 Å². The number of piperazine rings is 1. The van der Waals surface area contributed by atoms with Crippen LogP contribution in [0.25, 0.3) is 0 Å². The molecule has 1 saturated carbocycles. The van der Waals surface area contributed by atoms with Crippen molar-refractivity contribution >= 4 is 5.69 Å². The molecule has 1 aliphatic heterocycles. The zero-order valence-corrected chi connectivity index (χ0v) is 11.5. The molecule has 98 valence electrons. The summed E-state index contributed by atoms with van der Waals surface area (Å²) in [5, 5.41) is 3.71. The van der Waals surface area contributed by atoms with Crippen molar-refractivity contribution < 1.29 is 0 Å². The van der Waals surface area contributed by atoms with E-state index >= 15 is 0 Å². The minimum absolute atomic E-state index is 0.604. The normalized spacial score (nSPS) is 28.4. The SMILES string of the molecule is CCc1ccc(N2CC(C3CC3)NCC2C)cc1. The van der Waals surface area contributed by atoms with E-state index in [1.807, 2.05) is 0 Å². The number of hydrogen-bond acceptors (Lipinski definition) is 2. The van der Waals surface area contributed by atoms with Gasteiger partial charge in [-0.3, -0.25) is 0 Å². The Morgan fingerprint density at radius 3 is 2.56 bits per heavy atom. The fourth-order valence-corrected chi connectivity index (χ4v) is 2.99. The van der Waals surface area contributed by atoms with E-state index in [1.54, 1.807) is 0 Å². The number of anilines is 1. The van der Waals surface area contributed by atoms with E-state index in [0.717, 1.165) is 18.9 Å². The van der Waals surface area contributed by atoms with Gasteiger partial charge < -0.3 is 10.2 Å². The summed E-state index contributed by atoms with van der Waals surface area (Å²) in [7, 11) is 0. The molecule has 18 heavy (non-hydrogen) atoms. The maximum absolute atomic E-state index is 3.71. The lowest BCUT2D eigenvalue weighted by atomic mass is 10.0. The highest BCUT2D eigenvalue weighted by atomic mass is 15.2. The Morgan fingerprint density at radius 1 is 1.22 bits per heavy atom. The van der Waals surface area contributed by atoms with E-state index in [0.29, 0.717) is 12.1 Å². The van der Waals surface area contributed by atoms with Gasteiger partial charge in [0.1, 0.15) is 0 Å². The number of benzene rings is 1. The van der Waals surface area contributed by atoms with Crippen molar-refractivity contribution in [1.29, 1.82) is 0 Å². The molecule has 1 aliphatic carbocycles. The van der Waals surface area contributed by atoms with Crippen molar-refractivity contribution in [2.75, 3.05) is 18.0 Å². The summed E-state index contributed by atoms with van der Waals surface area (Å²) in [5.41, 5.74) is 2.83. The fourth-order valence-electron chi connectivity index (χ4n) is 2.99. The van der Waals surface area contributed by atoms with Crippen molar-refractivity contribution in [3.63, 3.8) is 0 Å². The van der Waals surface area contributed by atoms with E-state index in [1.165, 1.54) is 30.6 Å². The van der Waals surface area contributed by atoms with Gasteiger partial charge in [0.15, 0.2) is 0 Å². The molecule has 0 amide bonds. The highest BCUT2D eigenvalue weighted by Crippen LogP contribution is 2.35. The van der Waals surface area contributed by atoms with Crippen molar-refractivity contribution in [2.45, 2.75) is 45.2 Å². The second-order valence-corrected chi connectivity index (χ2v) is 5.87. The molecule has 2 heteroatoms. The van der Waals surface area contributed by atoms with E-state index in [4.69, 9.17) is 0 Å². The molecule has 0 radical (unpaired) electrons. The third kappa shape index (κ3) is 2.39. The summed E-state index contributed by atoms with van der Waals surface area (Å²) in [6.07, 6.45) is 3.98. The molecular formula is C16H24N2. The first-order chi connectivity index (χ1) is 8.78. The quantitative estimate of drug-likeness (QED) is 0.879. The number of aryl methyl sites for hydroxylation is 1. The molecule has 2 nitrogen and oxygen atoms in total. The van der Waals surface area contributed by atoms with Crippen LogP contribution < -0.4 is 10.2 Å². The van der Waals surface area contributed by atoms with Crippen LogP contribution in [0.4, 0.5) is 5.69 Å². The maximum atomic E-state index is 3.71. The largest absolute Gasteiger partial charge is 0.366 e. The highest BCUT2D eigenvalue weighted by molar-refractivity contribution is 5.49. The first kappa shape index (κ1) is 12.0. The molecule has 0 spiro atoms. The Hall–Kier alpha value is -1.02. The van der Waals surface area contributed by atoms with Gasteiger partial charge in [0.05, 0.1) is 0 Å². The zero-order valence-electron chi connectivity index (χ0n) is 11.5. The minimum Gasteiger partial charge on any atom is -0.366 e. The molecule has 1 N–H and O–H groups in total. The van der Waals surface area contributed by atoms with Gasteiger partial charge in [0.25, 0.3) is 0 Å². The number of rotatable bonds is 3. The van der Waals surface area contributed by atoms with Crippen LogP contribution in [-0.2, 0) is 6.42 Å². The van der Waals surface area contributed by atoms with E-state index in [-0.39, 0.29) is 0 Å². The van der Waals surface area contributed by atoms with Gasteiger partial charge >= 0.3 is 0 Å². The van der Waals surface area contributed by atoms with Gasteiger partial charge in [-0.15, -0.1) is 0 Å². The standard InChI is InChI=1S/C16H24N2/c1-3-13-4-8-15(9-5-13)18-11-16(14-6-7-14)17-10-12(18)2/h4-5,8-9,12,14,16-17H,3,6-7,10-11H2,1-2H3. The molecule has 1 aromatic rings. The fraction of sp³-hybridized carbons (Fsp3) is 0.625. The first-order valence-electron chi connectivity index (χ1n) is 7.37. The topological polar surface area (TPSA) is 15.3 Å². The van der Waals surface area contributed by atoms with E-state index in [2.05, 4.69) is 48.3 Å². The smallest absolute Gasteiger partial charge is 0.0387 e. The number of nitrogens with one attached hydrogen (secondary N) is 1. The van der Waals surface area contributed by atoms with Crippen LogP contribution in [0, 0.1) is 5.92 Å². The summed E-state index contributed by atoms with van der Waals surface area (Å²) in [6, 6.07) is 10.5. The van der Waals surface area contributed by atoms with Gasteiger partial charge in [-0.1, -0.05) is 19.1 Å². The van der Waals surface area contributed by atoms with Crippen molar-refractivity contribution in [2.24, 2.45) is 5.92 Å². The molecule has 1 heterocycles. The monoisotopic (exact) mass is 244 g/mol. The Morgan fingerprint density at radius 2 is 1.94 bits per heavy atom. The maximum Gasteiger partial charge on any atom is 0.0387 e. The Balaban J connectivity index is 1.74. The third-order valence-corrected chi connectivity index (χ3v) is 4.47. The van der Waals surface area contributed by atoms with Crippen LogP contribution in [-0.4, -0.2) is 25.2 Å². The van der Waals surface area contributed by atoms with Crippen molar-refractivity contribution in [1.82, 2.24) is 5.32 Å². The summed E-state index contributed by atoms with van der Waals surface area (Å²) in [4.78, 5) is 2.58. The molecule has 0 bridgehead atoms. The lowest BCUT2D eigenvalue weighted by Crippen LogP contribution is -2.56. The molecule has 1 aromatic carbocycles. The average Bonchev–Trinajstić information content (AvgIpc) is 3.24. The van der Waals surface area contributed by atoms with Crippen molar-refractivity contribution in [3.8, 4) is 0 Å². The highest BCUT2D eigenvalue weighted by Gasteiger charge is 2.35. The zero-order chi connectivity index (χ0) is 12.5. The molecular weight excluding hydrogens is 220 g/mol. The van der Waals surface area contributed by atoms with Crippen molar-refractivity contribution in [3.05, 3.63) is 29.8 Å². The van der Waals surface area contributed by atoms with Crippen LogP contribution in [0.1, 0.15) is 32.3 Å². The summed E-state index contributed by atoms with van der Waals surface area (Å²) >= 11 is 0. The second-order valence-electron chi connectivity index (χ2n) is 5.87. The minimum atomic E-state index is 0.604. The molecule has 2 fully saturated rings. The van der Waals surface area contributed by atoms with Crippen LogP contribution in [0.3, 0.4) is 0 Å². The van der Waals surface area contributed by atoms with Crippen LogP contribution in [0.15, 0.2) is 24.3 Å². The molecule has 3 rings (SSSR count). The van der Waals surface area contributed by atoms with E-state index in [9.17, 15) is 0 Å². The number of nitrogens with zero attached hydrogens (tertiary/aromatic N) is 1. The second kappa shape index (κ2) is 4.93. The Labute approximate surface area is 110 Å². The van der Waals surface area contributed by atoms with Crippen LogP contribution >= 0.6 is 0 Å². The third-order valence-electron chi connectivity index (χ3n) is 4.47. The summed E-state index contributed by atoms with van der Waals surface area (Å²) in [6.45, 7) is 6.84. The van der Waals surface area contributed by atoms with E-state index < -0.39 is 0 Å². The molecule has 1 saturated heterocycles.